The molecule has 2 aromatic rings. The van der Waals surface area contributed by atoms with Gasteiger partial charge in [0.1, 0.15) is 10.7 Å². The first kappa shape index (κ1) is 18.2. The van der Waals surface area contributed by atoms with Gasteiger partial charge in [0, 0.05) is 35.7 Å². The molecule has 6 heteroatoms. The molecule has 4 rings (SSSR count). The molecule has 0 bridgehead atoms. The number of hydrogen-bond acceptors (Lipinski definition) is 4. The van der Waals surface area contributed by atoms with Crippen LogP contribution in [0.3, 0.4) is 0 Å². The van der Waals surface area contributed by atoms with Gasteiger partial charge in [0.15, 0.2) is 0 Å². The van der Waals surface area contributed by atoms with Gasteiger partial charge >= 0.3 is 0 Å². The van der Waals surface area contributed by atoms with Gasteiger partial charge in [-0.3, -0.25) is 0 Å². The van der Waals surface area contributed by atoms with Crippen LogP contribution in [0.25, 0.3) is 10.2 Å². The predicted molar refractivity (Wildman–Crippen MR) is 102 cm³/mol. The maximum absolute atomic E-state index is 13.3. The minimum absolute atomic E-state index is 0.00679. The van der Waals surface area contributed by atoms with E-state index in [4.69, 9.17) is 0 Å². The lowest BCUT2D eigenvalue weighted by atomic mass is 9.88. The highest BCUT2D eigenvalue weighted by atomic mass is 32.1. The Bertz CT molecular complexity index is 758. The van der Waals surface area contributed by atoms with Crippen LogP contribution in [0.5, 0.6) is 0 Å². The topological polar surface area (TPSA) is 37.8 Å². The summed E-state index contributed by atoms with van der Waals surface area (Å²) in [6.45, 7) is 2.57. The Kier molecular flexibility index (Phi) is 5.24. The van der Waals surface area contributed by atoms with E-state index in [1.54, 1.807) is 0 Å². The van der Waals surface area contributed by atoms with Gasteiger partial charge in [-0.15, -0.1) is 11.3 Å². The van der Waals surface area contributed by atoms with E-state index in [1.807, 2.05) is 18.3 Å². The Hall–Kier alpha value is -1.14. The summed E-state index contributed by atoms with van der Waals surface area (Å²) in [5, 5.41) is 4.61. The first-order valence-electron chi connectivity index (χ1n) is 9.88. The molecule has 2 saturated carbocycles. The van der Waals surface area contributed by atoms with Gasteiger partial charge in [-0.2, -0.15) is 0 Å². The van der Waals surface area contributed by atoms with Gasteiger partial charge < -0.3 is 5.32 Å². The highest BCUT2D eigenvalue weighted by Crippen LogP contribution is 2.39. The van der Waals surface area contributed by atoms with Crippen LogP contribution in [0.4, 0.5) is 8.78 Å². The second-order valence-corrected chi connectivity index (χ2v) is 8.99. The lowest BCUT2D eigenvalue weighted by molar-refractivity contribution is -0.0405. The number of thiophene rings is 1. The first-order chi connectivity index (χ1) is 12.5. The smallest absolute Gasteiger partial charge is 0.248 e. The summed E-state index contributed by atoms with van der Waals surface area (Å²) in [4.78, 5) is 11.8. The quantitative estimate of drug-likeness (QED) is 0.739. The van der Waals surface area contributed by atoms with Crippen molar-refractivity contribution in [3.05, 3.63) is 22.5 Å². The van der Waals surface area contributed by atoms with Crippen molar-refractivity contribution in [1.82, 2.24) is 15.3 Å². The fraction of sp³-hybridized carbons (Fsp3) is 0.700. The van der Waals surface area contributed by atoms with Gasteiger partial charge in [0.05, 0.1) is 5.69 Å². The zero-order valence-corrected chi connectivity index (χ0v) is 16.2. The minimum atomic E-state index is -2.47. The number of nitrogens with one attached hydrogen (secondary N) is 1. The molecular weight excluding hydrogens is 352 g/mol. The predicted octanol–water partition coefficient (Wildman–Crippen LogP) is 5.71. The van der Waals surface area contributed by atoms with Crippen LogP contribution in [0, 0.1) is 6.92 Å². The van der Waals surface area contributed by atoms with E-state index in [0.29, 0.717) is 25.3 Å². The first-order valence-corrected chi connectivity index (χ1v) is 10.7. The van der Waals surface area contributed by atoms with Crippen LogP contribution >= 0.6 is 11.3 Å². The van der Waals surface area contributed by atoms with Crippen LogP contribution in [-0.4, -0.2) is 21.9 Å². The van der Waals surface area contributed by atoms with Crippen LogP contribution in [0.2, 0.25) is 0 Å². The number of aryl methyl sites for hydroxylation is 1. The van der Waals surface area contributed by atoms with Gasteiger partial charge in [0.25, 0.3) is 0 Å². The number of hydrogen-bond donors (Lipinski definition) is 1. The van der Waals surface area contributed by atoms with Gasteiger partial charge in [-0.05, 0) is 44.6 Å². The molecule has 3 nitrogen and oxygen atoms in total. The second-order valence-electron chi connectivity index (χ2n) is 7.93. The third-order valence-electron chi connectivity index (χ3n) is 5.89. The Morgan fingerprint density at radius 1 is 1.12 bits per heavy atom. The van der Waals surface area contributed by atoms with Crippen molar-refractivity contribution in [1.29, 1.82) is 0 Å². The van der Waals surface area contributed by atoms with Crippen LogP contribution < -0.4 is 5.32 Å². The lowest BCUT2D eigenvalue weighted by Gasteiger charge is -2.28. The van der Waals surface area contributed by atoms with E-state index >= 15 is 0 Å². The van der Waals surface area contributed by atoms with E-state index in [1.165, 1.54) is 37.0 Å². The SMILES string of the molecule is Cc1nc(CNC2CCC(F)(F)CC2)c2cc(C3CCCCC3)sc2n1. The molecule has 1 N–H and O–H groups in total. The third kappa shape index (κ3) is 4.06. The molecule has 0 unspecified atom stereocenters. The van der Waals surface area contributed by atoms with E-state index in [0.717, 1.165) is 21.7 Å². The Labute approximate surface area is 157 Å². The minimum Gasteiger partial charge on any atom is -0.308 e. The monoisotopic (exact) mass is 379 g/mol. The molecule has 0 saturated heterocycles. The van der Waals surface area contributed by atoms with Gasteiger partial charge in [0.2, 0.25) is 5.92 Å². The molecule has 0 amide bonds. The molecular formula is C20H27F2N3S. The zero-order valence-electron chi connectivity index (χ0n) is 15.4. The summed E-state index contributed by atoms with van der Waals surface area (Å²) in [5.74, 6) is -1.01. The molecule has 2 aromatic heterocycles. The van der Waals surface area contributed by atoms with Crippen LogP contribution in [0.15, 0.2) is 6.07 Å². The molecule has 0 spiro atoms. The van der Waals surface area contributed by atoms with Crippen molar-refractivity contribution in [3.8, 4) is 0 Å². The number of nitrogens with zero attached hydrogens (tertiary/aromatic N) is 2. The number of aromatic nitrogens is 2. The summed E-state index contributed by atoms with van der Waals surface area (Å²) in [6.07, 6.45) is 7.63. The fourth-order valence-corrected chi connectivity index (χ4v) is 5.59. The van der Waals surface area contributed by atoms with E-state index in [-0.39, 0.29) is 18.9 Å². The molecule has 2 aliphatic rings. The number of halogens is 2. The largest absolute Gasteiger partial charge is 0.308 e. The molecule has 0 aliphatic heterocycles. The van der Waals surface area contributed by atoms with Gasteiger partial charge in [-0.1, -0.05) is 19.3 Å². The van der Waals surface area contributed by atoms with Crippen molar-refractivity contribution in [2.24, 2.45) is 0 Å². The summed E-state index contributed by atoms with van der Waals surface area (Å²) < 4.78 is 26.7. The summed E-state index contributed by atoms with van der Waals surface area (Å²) in [6, 6.07) is 2.46. The normalized spacial score (nSPS) is 22.1. The Morgan fingerprint density at radius 3 is 2.58 bits per heavy atom. The van der Waals surface area contributed by atoms with E-state index in [2.05, 4.69) is 21.4 Å². The molecule has 0 radical (unpaired) electrons. The average Bonchev–Trinajstić information content (AvgIpc) is 3.05. The molecule has 2 aliphatic carbocycles. The molecule has 0 aromatic carbocycles. The molecule has 142 valence electrons. The number of alkyl halides is 2. The van der Waals surface area contributed by atoms with Crippen molar-refractivity contribution >= 4 is 21.6 Å². The highest BCUT2D eigenvalue weighted by Gasteiger charge is 2.34. The fourth-order valence-electron chi connectivity index (χ4n) is 4.33. The molecule has 2 fully saturated rings. The second kappa shape index (κ2) is 7.47. The maximum Gasteiger partial charge on any atom is 0.248 e. The average molecular weight is 380 g/mol. The standard InChI is InChI=1S/C20H27F2N3S/c1-13-24-17(12-23-15-7-9-20(21,22)10-8-15)16-11-18(26-19(16)25-13)14-5-3-2-4-6-14/h11,14-15,23H,2-10,12H2,1H3. The summed E-state index contributed by atoms with van der Waals surface area (Å²) >= 11 is 1.82. The van der Waals surface area contributed by atoms with Gasteiger partial charge in [-0.25, -0.2) is 18.7 Å². The van der Waals surface area contributed by atoms with Crippen molar-refractivity contribution < 1.29 is 8.78 Å². The van der Waals surface area contributed by atoms with Crippen LogP contribution in [-0.2, 0) is 6.54 Å². The summed E-state index contributed by atoms with van der Waals surface area (Å²) in [5.41, 5.74) is 1.02. The Morgan fingerprint density at radius 2 is 1.85 bits per heavy atom. The molecule has 26 heavy (non-hydrogen) atoms. The van der Waals surface area contributed by atoms with Crippen LogP contribution in [0.1, 0.15) is 80.1 Å². The van der Waals surface area contributed by atoms with Crippen molar-refractivity contribution in [3.63, 3.8) is 0 Å². The number of rotatable bonds is 4. The molecule has 0 atom stereocenters. The van der Waals surface area contributed by atoms with Crippen molar-refractivity contribution in [2.75, 3.05) is 0 Å². The summed E-state index contributed by atoms with van der Waals surface area (Å²) in [7, 11) is 0. The van der Waals surface area contributed by atoms with E-state index in [9.17, 15) is 8.78 Å². The highest BCUT2D eigenvalue weighted by molar-refractivity contribution is 7.18. The lowest BCUT2D eigenvalue weighted by Crippen LogP contribution is -2.36. The van der Waals surface area contributed by atoms with E-state index < -0.39 is 5.92 Å². The Balaban J connectivity index is 1.50. The number of fused-ring (bicyclic) bond motifs is 1. The zero-order chi connectivity index (χ0) is 18.1. The maximum atomic E-state index is 13.3. The molecule has 2 heterocycles. The van der Waals surface area contributed by atoms with Crippen molar-refractivity contribution in [2.45, 2.75) is 89.1 Å². The third-order valence-corrected chi connectivity index (χ3v) is 7.08.